The summed E-state index contributed by atoms with van der Waals surface area (Å²) < 4.78 is 0. The molecule has 0 radical (unpaired) electrons. The third-order valence-corrected chi connectivity index (χ3v) is 3.36. The first kappa shape index (κ1) is 13.1. The Balaban J connectivity index is 1.83. The van der Waals surface area contributed by atoms with Gasteiger partial charge in [0.1, 0.15) is 0 Å². The van der Waals surface area contributed by atoms with Crippen molar-refractivity contribution in [1.29, 1.82) is 0 Å². The van der Waals surface area contributed by atoms with Crippen LogP contribution in [0.3, 0.4) is 0 Å². The van der Waals surface area contributed by atoms with Gasteiger partial charge in [0.05, 0.1) is 0 Å². The van der Waals surface area contributed by atoms with Crippen molar-refractivity contribution in [3.63, 3.8) is 0 Å². The van der Waals surface area contributed by atoms with Gasteiger partial charge in [-0.1, -0.05) is 18.2 Å². The highest BCUT2D eigenvalue weighted by Gasteiger charge is 2.04. The Labute approximate surface area is 108 Å². The molecule has 1 heterocycles. The minimum atomic E-state index is 0.286. The van der Waals surface area contributed by atoms with Crippen LogP contribution >= 0.6 is 0 Å². The van der Waals surface area contributed by atoms with E-state index >= 15 is 0 Å². The van der Waals surface area contributed by atoms with Crippen molar-refractivity contribution < 1.29 is 5.11 Å². The molecule has 1 aromatic carbocycles. The molecule has 0 spiro atoms. The number of benzene rings is 1. The molecule has 18 heavy (non-hydrogen) atoms. The number of para-hydroxylation sites is 1. The second kappa shape index (κ2) is 6.57. The molecular weight excluding hydrogens is 224 g/mol. The molecule has 1 unspecified atom stereocenters. The average Bonchev–Trinajstić information content (AvgIpc) is 2.80. The molecule has 2 aromatic rings. The number of fused-ring (bicyclic) bond motifs is 1. The highest BCUT2D eigenvalue weighted by atomic mass is 16.2. The van der Waals surface area contributed by atoms with Crippen molar-refractivity contribution in [3.05, 3.63) is 36.0 Å². The second-order valence-corrected chi connectivity index (χ2v) is 4.83. The van der Waals surface area contributed by atoms with Gasteiger partial charge in [0, 0.05) is 29.7 Å². The van der Waals surface area contributed by atoms with Gasteiger partial charge in [-0.2, -0.15) is 0 Å². The first-order valence-electron chi connectivity index (χ1n) is 6.70. The van der Waals surface area contributed by atoms with Gasteiger partial charge in [0.2, 0.25) is 0 Å². The van der Waals surface area contributed by atoms with Gasteiger partial charge in [-0.15, -0.1) is 0 Å². The molecule has 98 valence electrons. The van der Waals surface area contributed by atoms with E-state index in [4.69, 9.17) is 5.11 Å². The van der Waals surface area contributed by atoms with Crippen LogP contribution in [-0.4, -0.2) is 29.3 Å². The minimum Gasteiger partial charge on any atom is -0.396 e. The Morgan fingerprint density at radius 3 is 3.00 bits per heavy atom. The van der Waals surface area contributed by atoms with Gasteiger partial charge in [-0.3, -0.25) is 0 Å². The predicted octanol–water partition coefficient (Wildman–Crippen LogP) is 2.46. The van der Waals surface area contributed by atoms with E-state index in [1.54, 1.807) is 0 Å². The van der Waals surface area contributed by atoms with Crippen molar-refractivity contribution in [2.24, 2.45) is 0 Å². The van der Waals surface area contributed by atoms with Gasteiger partial charge < -0.3 is 15.4 Å². The maximum Gasteiger partial charge on any atom is 0.0456 e. The summed E-state index contributed by atoms with van der Waals surface area (Å²) in [5.41, 5.74) is 2.58. The maximum atomic E-state index is 8.78. The lowest BCUT2D eigenvalue weighted by Gasteiger charge is -2.12. The average molecular weight is 246 g/mol. The maximum absolute atomic E-state index is 8.78. The Morgan fingerprint density at radius 2 is 2.17 bits per heavy atom. The van der Waals surface area contributed by atoms with Crippen LogP contribution in [0.5, 0.6) is 0 Å². The zero-order chi connectivity index (χ0) is 12.8. The fraction of sp³-hybridized carbons (Fsp3) is 0.467. The quantitative estimate of drug-likeness (QED) is 0.703. The molecule has 1 aromatic heterocycles. The number of aliphatic hydroxyl groups is 1. The van der Waals surface area contributed by atoms with Gasteiger partial charge in [0.15, 0.2) is 0 Å². The molecule has 0 aliphatic rings. The lowest BCUT2D eigenvalue weighted by molar-refractivity contribution is 0.276. The van der Waals surface area contributed by atoms with E-state index in [1.807, 2.05) is 0 Å². The number of nitrogens with one attached hydrogen (secondary N) is 2. The van der Waals surface area contributed by atoms with Crippen molar-refractivity contribution in [3.8, 4) is 0 Å². The molecule has 0 amide bonds. The van der Waals surface area contributed by atoms with E-state index in [0.717, 1.165) is 25.8 Å². The zero-order valence-corrected chi connectivity index (χ0v) is 10.9. The molecule has 2 rings (SSSR count). The lowest BCUT2D eigenvalue weighted by atomic mass is 10.1. The van der Waals surface area contributed by atoms with E-state index in [1.165, 1.54) is 16.5 Å². The number of aromatic nitrogens is 1. The van der Waals surface area contributed by atoms with E-state index in [0.29, 0.717) is 6.04 Å². The number of aliphatic hydroxyl groups excluding tert-OH is 1. The monoisotopic (exact) mass is 246 g/mol. The molecule has 0 fully saturated rings. The summed E-state index contributed by atoms with van der Waals surface area (Å²) in [6, 6.07) is 8.88. The van der Waals surface area contributed by atoms with Gasteiger partial charge in [0.25, 0.3) is 0 Å². The minimum absolute atomic E-state index is 0.286. The summed E-state index contributed by atoms with van der Waals surface area (Å²) in [4.78, 5) is 3.30. The van der Waals surface area contributed by atoms with Gasteiger partial charge in [-0.05, 0) is 44.4 Å². The second-order valence-electron chi connectivity index (χ2n) is 4.83. The Kier molecular flexibility index (Phi) is 4.79. The summed E-state index contributed by atoms with van der Waals surface area (Å²) in [6.07, 6.45) is 5.05. The largest absolute Gasteiger partial charge is 0.396 e. The standard InChI is InChI=1S/C15H22N2O/c1-12(5-4-10-18)16-9-8-13-11-17-15-7-3-2-6-14(13)15/h2-3,6-7,11-12,16-18H,4-5,8-10H2,1H3. The summed E-state index contributed by atoms with van der Waals surface area (Å²) in [6.45, 7) is 3.44. The van der Waals surface area contributed by atoms with Crippen LogP contribution in [0.4, 0.5) is 0 Å². The fourth-order valence-corrected chi connectivity index (χ4v) is 2.29. The molecule has 3 nitrogen and oxygen atoms in total. The molecule has 0 aliphatic heterocycles. The summed E-state index contributed by atoms with van der Waals surface area (Å²) in [7, 11) is 0. The third-order valence-electron chi connectivity index (χ3n) is 3.36. The lowest BCUT2D eigenvalue weighted by Crippen LogP contribution is -2.28. The summed E-state index contributed by atoms with van der Waals surface area (Å²) in [5.74, 6) is 0. The molecule has 3 N–H and O–H groups in total. The van der Waals surface area contributed by atoms with Crippen LogP contribution < -0.4 is 5.32 Å². The summed E-state index contributed by atoms with van der Waals surface area (Å²) in [5, 5.41) is 13.6. The molecular formula is C15H22N2O. The molecule has 0 aliphatic carbocycles. The van der Waals surface area contributed by atoms with E-state index in [2.05, 4.69) is 47.7 Å². The van der Waals surface area contributed by atoms with Gasteiger partial charge >= 0.3 is 0 Å². The Morgan fingerprint density at radius 1 is 1.33 bits per heavy atom. The van der Waals surface area contributed by atoms with Crippen molar-refractivity contribution in [1.82, 2.24) is 10.3 Å². The molecule has 3 heteroatoms. The van der Waals surface area contributed by atoms with Crippen LogP contribution in [0.15, 0.2) is 30.5 Å². The normalized spacial score (nSPS) is 13.0. The zero-order valence-electron chi connectivity index (χ0n) is 10.9. The highest BCUT2D eigenvalue weighted by Crippen LogP contribution is 2.17. The Hall–Kier alpha value is -1.32. The topological polar surface area (TPSA) is 48.0 Å². The molecule has 0 saturated heterocycles. The smallest absolute Gasteiger partial charge is 0.0456 e. The number of H-pyrrole nitrogens is 1. The highest BCUT2D eigenvalue weighted by molar-refractivity contribution is 5.83. The number of hydrogen-bond donors (Lipinski definition) is 3. The predicted molar refractivity (Wildman–Crippen MR) is 75.8 cm³/mol. The van der Waals surface area contributed by atoms with Crippen LogP contribution in [0.2, 0.25) is 0 Å². The summed E-state index contributed by atoms with van der Waals surface area (Å²) >= 11 is 0. The first-order chi connectivity index (χ1) is 8.81. The van der Waals surface area contributed by atoms with E-state index in [9.17, 15) is 0 Å². The fourth-order valence-electron chi connectivity index (χ4n) is 2.29. The van der Waals surface area contributed by atoms with Crippen LogP contribution in [0.1, 0.15) is 25.3 Å². The first-order valence-corrected chi connectivity index (χ1v) is 6.70. The molecule has 0 bridgehead atoms. The number of aromatic amines is 1. The molecule has 0 saturated carbocycles. The molecule has 1 atom stereocenters. The number of rotatable bonds is 7. The van der Waals surface area contributed by atoms with Crippen LogP contribution in [0.25, 0.3) is 10.9 Å². The van der Waals surface area contributed by atoms with Crippen molar-refractivity contribution in [2.45, 2.75) is 32.2 Å². The van der Waals surface area contributed by atoms with Crippen molar-refractivity contribution in [2.75, 3.05) is 13.2 Å². The van der Waals surface area contributed by atoms with Crippen LogP contribution in [-0.2, 0) is 6.42 Å². The van der Waals surface area contributed by atoms with Crippen LogP contribution in [0, 0.1) is 0 Å². The SMILES string of the molecule is CC(CCCO)NCCc1c[nH]c2ccccc12. The van der Waals surface area contributed by atoms with E-state index in [-0.39, 0.29) is 6.61 Å². The van der Waals surface area contributed by atoms with Crippen molar-refractivity contribution >= 4 is 10.9 Å². The third kappa shape index (κ3) is 3.34. The van der Waals surface area contributed by atoms with E-state index < -0.39 is 0 Å². The van der Waals surface area contributed by atoms with Gasteiger partial charge in [-0.25, -0.2) is 0 Å². The number of hydrogen-bond acceptors (Lipinski definition) is 2. The Bertz CT molecular complexity index is 478.